The molecule has 0 aromatic heterocycles. The van der Waals surface area contributed by atoms with Gasteiger partial charge in [-0.25, -0.2) is 4.79 Å². The van der Waals surface area contributed by atoms with Gasteiger partial charge in [-0.2, -0.15) is 0 Å². The lowest BCUT2D eigenvalue weighted by Crippen LogP contribution is -2.58. The lowest BCUT2D eigenvalue weighted by molar-refractivity contribution is -0.143. The average molecular weight is 560 g/mol. The Kier molecular flexibility index (Phi) is 11.9. The van der Waals surface area contributed by atoms with Crippen LogP contribution in [0.3, 0.4) is 0 Å². The number of carboxylic acids is 1. The zero-order valence-electron chi connectivity index (χ0n) is 21.4. The average Bonchev–Trinajstić information content (AvgIpc) is 2.91. The van der Waals surface area contributed by atoms with E-state index in [2.05, 4.69) is 16.0 Å². The molecule has 0 radical (unpaired) electrons. The van der Waals surface area contributed by atoms with Gasteiger partial charge in [0.2, 0.25) is 23.6 Å². The van der Waals surface area contributed by atoms with Gasteiger partial charge in [0.1, 0.15) is 29.6 Å². The number of hydrogen-bond donors (Lipinski definition) is 9. The number of benzene rings is 2. The molecular formula is C26H33N5O9. The van der Waals surface area contributed by atoms with Crippen LogP contribution in [-0.2, 0) is 36.8 Å². The first kappa shape index (κ1) is 31.5. The Morgan fingerprint density at radius 3 is 1.48 bits per heavy atom. The zero-order chi connectivity index (χ0) is 29.8. The van der Waals surface area contributed by atoms with Crippen molar-refractivity contribution in [3.05, 3.63) is 59.7 Å². The molecule has 4 unspecified atom stereocenters. The van der Waals surface area contributed by atoms with Crippen LogP contribution in [0.1, 0.15) is 24.0 Å². The highest BCUT2D eigenvalue weighted by atomic mass is 16.4. The van der Waals surface area contributed by atoms with Crippen molar-refractivity contribution in [2.75, 3.05) is 6.61 Å². The van der Waals surface area contributed by atoms with E-state index in [1.54, 1.807) is 0 Å². The van der Waals surface area contributed by atoms with Crippen molar-refractivity contribution >= 4 is 29.6 Å². The molecular weight excluding hydrogens is 526 g/mol. The fourth-order valence-electron chi connectivity index (χ4n) is 3.59. The molecule has 0 bridgehead atoms. The molecule has 0 saturated heterocycles. The second-order valence-electron chi connectivity index (χ2n) is 9.06. The molecule has 2 rings (SSSR count). The fraction of sp³-hybridized carbons (Fsp3) is 0.346. The number of rotatable bonds is 15. The highest BCUT2D eigenvalue weighted by Gasteiger charge is 2.30. The number of aliphatic carboxylic acids is 1. The van der Waals surface area contributed by atoms with E-state index in [0.29, 0.717) is 11.1 Å². The lowest BCUT2D eigenvalue weighted by Gasteiger charge is -2.25. The smallest absolute Gasteiger partial charge is 0.328 e. The molecule has 14 heteroatoms. The molecule has 40 heavy (non-hydrogen) atoms. The van der Waals surface area contributed by atoms with Gasteiger partial charge in [0.25, 0.3) is 0 Å². The summed E-state index contributed by atoms with van der Waals surface area (Å²) >= 11 is 0. The topological polar surface area (TPSA) is 254 Å². The van der Waals surface area contributed by atoms with Crippen LogP contribution in [0.25, 0.3) is 0 Å². The Balaban J connectivity index is 2.31. The molecule has 4 amide bonds. The first-order valence-corrected chi connectivity index (χ1v) is 12.2. The summed E-state index contributed by atoms with van der Waals surface area (Å²) in [5.74, 6) is -4.71. The molecule has 11 N–H and O–H groups in total. The quantitative estimate of drug-likeness (QED) is 0.116. The zero-order valence-corrected chi connectivity index (χ0v) is 21.4. The highest BCUT2D eigenvalue weighted by Crippen LogP contribution is 2.14. The Labute approximate surface area is 229 Å². The molecule has 14 nitrogen and oxygen atoms in total. The standard InChI is InChI=1S/C26H33N5O9/c27-18(9-10-22(28)35)23(36)29-19(11-14-1-5-16(33)6-2-14)24(37)30-20(12-15-3-7-17(34)8-4-15)25(38)31-21(13-32)26(39)40/h1-8,18-21,32-34H,9-13,27H2,(H2,28,35)(H,29,36)(H,30,37)(H,31,38)(H,39,40). The molecule has 0 spiro atoms. The Morgan fingerprint density at radius 1 is 0.700 bits per heavy atom. The number of phenolic OH excluding ortho intramolecular Hbond substituents is 2. The van der Waals surface area contributed by atoms with Gasteiger partial charge in [-0.3, -0.25) is 19.2 Å². The Hall–Kier alpha value is -4.69. The van der Waals surface area contributed by atoms with E-state index in [1.807, 2.05) is 0 Å². The van der Waals surface area contributed by atoms with Crippen molar-refractivity contribution in [2.45, 2.75) is 49.9 Å². The maximum atomic E-state index is 13.4. The number of carboxylic acid groups (broad SMARTS) is 1. The molecule has 0 aliphatic heterocycles. The van der Waals surface area contributed by atoms with E-state index < -0.39 is 60.4 Å². The molecule has 0 saturated carbocycles. The Bertz CT molecular complexity index is 1190. The number of aliphatic hydroxyl groups is 1. The maximum Gasteiger partial charge on any atom is 0.328 e. The van der Waals surface area contributed by atoms with Crippen molar-refractivity contribution in [1.82, 2.24) is 16.0 Å². The normalized spacial score (nSPS) is 13.8. The van der Waals surface area contributed by atoms with Crippen LogP contribution < -0.4 is 27.4 Å². The SMILES string of the molecule is NC(=O)CCC(N)C(=O)NC(Cc1ccc(O)cc1)C(=O)NC(Cc1ccc(O)cc1)C(=O)NC(CO)C(=O)O. The number of carbonyl (C=O) groups is 5. The van der Waals surface area contributed by atoms with Crippen LogP contribution >= 0.6 is 0 Å². The van der Waals surface area contributed by atoms with E-state index in [9.17, 15) is 44.4 Å². The third-order valence-electron chi connectivity index (χ3n) is 5.85. The number of aliphatic hydroxyl groups excluding tert-OH is 1. The number of nitrogens with two attached hydrogens (primary N) is 2. The van der Waals surface area contributed by atoms with Crippen molar-refractivity contribution in [2.24, 2.45) is 11.5 Å². The van der Waals surface area contributed by atoms with Crippen LogP contribution in [0.2, 0.25) is 0 Å². The number of carbonyl (C=O) groups excluding carboxylic acids is 4. The fourth-order valence-corrected chi connectivity index (χ4v) is 3.59. The van der Waals surface area contributed by atoms with Gasteiger partial charge < -0.3 is 47.8 Å². The molecule has 0 aliphatic carbocycles. The number of primary amides is 1. The summed E-state index contributed by atoms with van der Waals surface area (Å²) in [6.07, 6.45) is -0.442. The first-order chi connectivity index (χ1) is 18.9. The molecule has 2 aromatic carbocycles. The first-order valence-electron chi connectivity index (χ1n) is 12.2. The van der Waals surface area contributed by atoms with Crippen molar-refractivity contribution < 1.29 is 44.4 Å². The van der Waals surface area contributed by atoms with Gasteiger partial charge in [0.05, 0.1) is 12.6 Å². The number of phenols is 2. The van der Waals surface area contributed by atoms with Crippen molar-refractivity contribution in [3.8, 4) is 11.5 Å². The number of amides is 4. The van der Waals surface area contributed by atoms with Gasteiger partial charge in [-0.1, -0.05) is 24.3 Å². The molecule has 216 valence electrons. The van der Waals surface area contributed by atoms with E-state index in [-0.39, 0.29) is 37.2 Å². The van der Waals surface area contributed by atoms with Crippen LogP contribution in [0.4, 0.5) is 0 Å². The summed E-state index contributed by atoms with van der Waals surface area (Å²) in [6.45, 7) is -0.899. The van der Waals surface area contributed by atoms with Gasteiger partial charge in [-0.15, -0.1) is 0 Å². The predicted octanol–water partition coefficient (Wildman–Crippen LogP) is -1.99. The van der Waals surface area contributed by atoms with Crippen LogP contribution in [-0.4, -0.2) is 80.8 Å². The lowest BCUT2D eigenvalue weighted by atomic mass is 10.0. The van der Waals surface area contributed by atoms with Crippen LogP contribution in [0.5, 0.6) is 11.5 Å². The number of nitrogens with one attached hydrogen (secondary N) is 3. The molecule has 0 aliphatic rings. The van der Waals surface area contributed by atoms with Crippen molar-refractivity contribution in [1.29, 1.82) is 0 Å². The van der Waals surface area contributed by atoms with Crippen molar-refractivity contribution in [3.63, 3.8) is 0 Å². The number of hydrogen-bond acceptors (Lipinski definition) is 9. The van der Waals surface area contributed by atoms with Gasteiger partial charge in [-0.05, 0) is 41.8 Å². The van der Waals surface area contributed by atoms with Crippen LogP contribution in [0.15, 0.2) is 48.5 Å². The minimum absolute atomic E-state index is 0.0234. The Morgan fingerprint density at radius 2 is 1.10 bits per heavy atom. The predicted molar refractivity (Wildman–Crippen MR) is 141 cm³/mol. The number of aromatic hydroxyl groups is 2. The molecule has 4 atom stereocenters. The molecule has 0 heterocycles. The summed E-state index contributed by atoms with van der Waals surface area (Å²) in [5.41, 5.74) is 12.0. The summed E-state index contributed by atoms with van der Waals surface area (Å²) in [4.78, 5) is 61.5. The van der Waals surface area contributed by atoms with Gasteiger partial charge >= 0.3 is 5.97 Å². The highest BCUT2D eigenvalue weighted by molar-refractivity contribution is 5.94. The second-order valence-corrected chi connectivity index (χ2v) is 9.06. The van der Waals surface area contributed by atoms with Gasteiger partial charge in [0.15, 0.2) is 0 Å². The summed E-state index contributed by atoms with van der Waals surface area (Å²) < 4.78 is 0. The summed E-state index contributed by atoms with van der Waals surface area (Å²) in [7, 11) is 0. The van der Waals surface area contributed by atoms with Crippen LogP contribution in [0, 0.1) is 0 Å². The third-order valence-corrected chi connectivity index (χ3v) is 5.85. The van der Waals surface area contributed by atoms with Gasteiger partial charge in [0, 0.05) is 19.3 Å². The minimum atomic E-state index is -1.64. The van der Waals surface area contributed by atoms with E-state index in [1.165, 1.54) is 48.5 Å². The van der Waals surface area contributed by atoms with E-state index in [4.69, 9.17) is 11.5 Å². The second kappa shape index (κ2) is 15.0. The maximum absolute atomic E-state index is 13.4. The summed E-state index contributed by atoms with van der Waals surface area (Å²) in [5, 5.41) is 44.8. The monoisotopic (exact) mass is 559 g/mol. The third kappa shape index (κ3) is 10.2. The largest absolute Gasteiger partial charge is 0.508 e. The molecule has 2 aromatic rings. The van der Waals surface area contributed by atoms with E-state index in [0.717, 1.165) is 0 Å². The summed E-state index contributed by atoms with van der Waals surface area (Å²) in [6, 6.07) is 6.09. The minimum Gasteiger partial charge on any atom is -0.508 e. The van der Waals surface area contributed by atoms with E-state index >= 15 is 0 Å². The molecule has 0 fully saturated rings.